The van der Waals surface area contributed by atoms with Crippen molar-refractivity contribution < 1.29 is 43.7 Å². The molecule has 1 fully saturated rings. The van der Waals surface area contributed by atoms with Crippen molar-refractivity contribution in [3.63, 3.8) is 0 Å². The average Bonchev–Trinajstić information content (AvgIpc) is 2.78. The second kappa shape index (κ2) is 10.0. The third-order valence-corrected chi connectivity index (χ3v) is 6.91. The Morgan fingerprint density at radius 1 is 0.972 bits per heavy atom. The van der Waals surface area contributed by atoms with Crippen LogP contribution in [0.25, 0.3) is 0 Å². The van der Waals surface area contributed by atoms with Gasteiger partial charge in [0.05, 0.1) is 34.9 Å². The number of nitrogens with one attached hydrogen (secondary N) is 1. The Hall–Kier alpha value is -2.60. The summed E-state index contributed by atoms with van der Waals surface area (Å²) in [6, 6.07) is 9.81. The molecule has 5 nitrogen and oxygen atoms in total. The van der Waals surface area contributed by atoms with E-state index in [1.165, 1.54) is 6.92 Å². The summed E-state index contributed by atoms with van der Waals surface area (Å²) in [7, 11) is -3.70. The molecule has 36 heavy (non-hydrogen) atoms. The van der Waals surface area contributed by atoms with Gasteiger partial charge in [0.1, 0.15) is 0 Å². The maximum atomic E-state index is 13.3. The van der Waals surface area contributed by atoms with Gasteiger partial charge in [-0.3, -0.25) is 8.98 Å². The molecule has 198 valence electrons. The number of hydrogen-bond acceptors (Lipinski definition) is 4. The van der Waals surface area contributed by atoms with Crippen molar-refractivity contribution in [1.82, 2.24) is 5.32 Å². The molecule has 0 radical (unpaired) electrons. The molecular formula is C24H25F6NO4S. The third kappa shape index (κ3) is 6.78. The van der Waals surface area contributed by atoms with Gasteiger partial charge < -0.3 is 5.32 Å². The van der Waals surface area contributed by atoms with Gasteiger partial charge >= 0.3 is 12.4 Å². The molecule has 1 amide bonds. The van der Waals surface area contributed by atoms with E-state index in [1.807, 2.05) is 0 Å². The van der Waals surface area contributed by atoms with Crippen LogP contribution in [0.2, 0.25) is 0 Å². The minimum atomic E-state index is -5.03. The van der Waals surface area contributed by atoms with Crippen LogP contribution in [0.15, 0.2) is 48.5 Å². The third-order valence-electron chi connectivity index (χ3n) is 6.29. The molecule has 0 saturated heterocycles. The fourth-order valence-corrected chi connectivity index (χ4v) is 5.08. The number of hydrogen-bond donors (Lipinski definition) is 1. The van der Waals surface area contributed by atoms with Gasteiger partial charge in [0.25, 0.3) is 10.1 Å². The molecule has 3 rings (SSSR count). The molecule has 1 atom stereocenters. The van der Waals surface area contributed by atoms with Crippen LogP contribution in [0.5, 0.6) is 0 Å². The van der Waals surface area contributed by atoms with Crippen molar-refractivity contribution in [3.8, 4) is 0 Å². The van der Waals surface area contributed by atoms with Crippen LogP contribution in [0.1, 0.15) is 60.8 Å². The summed E-state index contributed by atoms with van der Waals surface area (Å²) < 4.78 is 108. The summed E-state index contributed by atoms with van der Waals surface area (Å²) in [6.45, 7) is 1.24. The minimum absolute atomic E-state index is 0.0165. The predicted octanol–water partition coefficient (Wildman–Crippen LogP) is 5.76. The Morgan fingerprint density at radius 2 is 1.47 bits per heavy atom. The maximum absolute atomic E-state index is 13.3. The molecule has 12 heteroatoms. The Kier molecular flexibility index (Phi) is 7.81. The molecule has 0 bridgehead atoms. The number of benzene rings is 2. The van der Waals surface area contributed by atoms with E-state index in [-0.39, 0.29) is 31.7 Å². The van der Waals surface area contributed by atoms with Crippen molar-refractivity contribution in [2.75, 3.05) is 6.26 Å². The average molecular weight is 538 g/mol. The van der Waals surface area contributed by atoms with Crippen molar-refractivity contribution in [1.29, 1.82) is 0 Å². The zero-order valence-corrected chi connectivity index (χ0v) is 20.2. The summed E-state index contributed by atoms with van der Waals surface area (Å²) in [5.74, 6) is -2.09. The molecule has 0 aliphatic heterocycles. The molecule has 0 aromatic heterocycles. The standard InChI is InChI=1S/C24H25F6NO4S/c1-15(16-12-18(23(25,26)27)14-19(13-16)24(28,29)30)21(32)31-22(17-6-4-3-5-7-17)10-8-20(9-11-22)35-36(2,33)34/h3-7,12-15,20H,8-11H2,1-2H3,(H,31,32). The van der Waals surface area contributed by atoms with Crippen LogP contribution in [0, 0.1) is 0 Å². The molecule has 1 aliphatic carbocycles. The lowest BCUT2D eigenvalue weighted by Gasteiger charge is -2.41. The minimum Gasteiger partial charge on any atom is -0.346 e. The Labute approximate surface area is 205 Å². The van der Waals surface area contributed by atoms with E-state index in [2.05, 4.69) is 5.32 Å². The zero-order valence-electron chi connectivity index (χ0n) is 19.4. The molecule has 0 spiro atoms. The van der Waals surface area contributed by atoms with Crippen LogP contribution >= 0.6 is 0 Å². The number of alkyl halides is 6. The first kappa shape index (κ1) is 28.0. The highest BCUT2D eigenvalue weighted by Crippen LogP contribution is 2.41. The van der Waals surface area contributed by atoms with Crippen LogP contribution < -0.4 is 5.32 Å². The summed E-state index contributed by atoms with van der Waals surface area (Å²) in [5.41, 5.74) is -3.74. The summed E-state index contributed by atoms with van der Waals surface area (Å²) in [4.78, 5) is 13.2. The van der Waals surface area contributed by atoms with Gasteiger partial charge in [0.15, 0.2) is 0 Å². The smallest absolute Gasteiger partial charge is 0.346 e. The Balaban J connectivity index is 1.92. The molecular weight excluding hydrogens is 512 g/mol. The maximum Gasteiger partial charge on any atom is 0.416 e. The molecule has 2 aromatic rings. The predicted molar refractivity (Wildman–Crippen MR) is 119 cm³/mol. The number of carbonyl (C=O) groups is 1. The normalized spacial score (nSPS) is 22.2. The second-order valence-electron chi connectivity index (χ2n) is 9.00. The highest BCUT2D eigenvalue weighted by Gasteiger charge is 2.41. The lowest BCUT2D eigenvalue weighted by Crippen LogP contribution is -2.50. The first-order valence-electron chi connectivity index (χ1n) is 11.1. The van der Waals surface area contributed by atoms with Gasteiger partial charge in [0.2, 0.25) is 5.91 Å². The van der Waals surface area contributed by atoms with Gasteiger partial charge in [-0.1, -0.05) is 30.3 Å². The largest absolute Gasteiger partial charge is 0.416 e. The van der Waals surface area contributed by atoms with E-state index < -0.39 is 62.6 Å². The van der Waals surface area contributed by atoms with E-state index in [4.69, 9.17) is 4.18 Å². The SMILES string of the molecule is CC(C(=O)NC1(c2ccccc2)CCC(OS(C)(=O)=O)CC1)c1cc(C(F)(F)F)cc(C(F)(F)F)c1. The molecule has 1 unspecified atom stereocenters. The molecule has 1 N–H and O–H groups in total. The van der Waals surface area contributed by atoms with E-state index in [0.29, 0.717) is 17.7 Å². The highest BCUT2D eigenvalue weighted by atomic mass is 32.2. The van der Waals surface area contributed by atoms with Crippen LogP contribution in [-0.2, 0) is 37.0 Å². The lowest BCUT2D eigenvalue weighted by atomic mass is 9.75. The molecule has 0 heterocycles. The number of amides is 1. The number of halogens is 6. The highest BCUT2D eigenvalue weighted by molar-refractivity contribution is 7.86. The van der Waals surface area contributed by atoms with E-state index in [9.17, 15) is 39.6 Å². The number of rotatable bonds is 6. The summed E-state index contributed by atoms with van der Waals surface area (Å²) >= 11 is 0. The van der Waals surface area contributed by atoms with E-state index in [0.717, 1.165) is 6.26 Å². The van der Waals surface area contributed by atoms with E-state index >= 15 is 0 Å². The van der Waals surface area contributed by atoms with Crippen LogP contribution in [0.3, 0.4) is 0 Å². The Bertz CT molecular complexity index is 1160. The van der Waals surface area contributed by atoms with Crippen molar-refractivity contribution >= 4 is 16.0 Å². The van der Waals surface area contributed by atoms with Gasteiger partial charge in [-0.05, 0) is 61.9 Å². The van der Waals surface area contributed by atoms with Crippen molar-refractivity contribution in [2.45, 2.75) is 62.5 Å². The van der Waals surface area contributed by atoms with Crippen LogP contribution in [-0.4, -0.2) is 26.7 Å². The lowest BCUT2D eigenvalue weighted by molar-refractivity contribution is -0.143. The number of carbonyl (C=O) groups excluding carboxylic acids is 1. The van der Waals surface area contributed by atoms with Gasteiger partial charge in [0, 0.05) is 0 Å². The first-order chi connectivity index (χ1) is 16.5. The first-order valence-corrected chi connectivity index (χ1v) is 12.9. The molecule has 1 aliphatic rings. The fourth-order valence-electron chi connectivity index (χ4n) is 4.39. The van der Waals surface area contributed by atoms with Gasteiger partial charge in [-0.25, -0.2) is 0 Å². The van der Waals surface area contributed by atoms with Crippen LogP contribution in [0.4, 0.5) is 26.3 Å². The molecule has 1 saturated carbocycles. The topological polar surface area (TPSA) is 72.5 Å². The quantitative estimate of drug-likeness (QED) is 0.376. The van der Waals surface area contributed by atoms with E-state index in [1.54, 1.807) is 30.3 Å². The van der Waals surface area contributed by atoms with Crippen molar-refractivity contribution in [2.24, 2.45) is 0 Å². The van der Waals surface area contributed by atoms with Gasteiger partial charge in [-0.2, -0.15) is 34.8 Å². The monoisotopic (exact) mass is 537 g/mol. The summed E-state index contributed by atoms with van der Waals surface area (Å²) in [5, 5.41) is 2.84. The van der Waals surface area contributed by atoms with Crippen molar-refractivity contribution in [3.05, 3.63) is 70.8 Å². The fraction of sp³-hybridized carbons (Fsp3) is 0.458. The van der Waals surface area contributed by atoms with Gasteiger partial charge in [-0.15, -0.1) is 0 Å². The Morgan fingerprint density at radius 3 is 1.92 bits per heavy atom. The zero-order chi connectivity index (χ0) is 26.9. The molecule has 2 aromatic carbocycles. The summed E-state index contributed by atoms with van der Waals surface area (Å²) in [6.07, 6.45) is -8.71. The second-order valence-corrected chi connectivity index (χ2v) is 10.6.